The fourth-order valence-electron chi connectivity index (χ4n) is 1.04. The molecule has 0 heterocycles. The van der Waals surface area contributed by atoms with Crippen LogP contribution in [-0.2, 0) is 0 Å². The number of anilines is 1. The van der Waals surface area contributed by atoms with E-state index in [0.717, 1.165) is 5.69 Å². The zero-order valence-corrected chi connectivity index (χ0v) is 10.4. The van der Waals surface area contributed by atoms with Gasteiger partial charge in [-0.15, -0.1) is 0 Å². The first-order chi connectivity index (χ1) is 6.94. The van der Waals surface area contributed by atoms with Crippen LogP contribution in [0.4, 0.5) is 10.1 Å². The van der Waals surface area contributed by atoms with Gasteiger partial charge in [-0.2, -0.15) is 0 Å². The van der Waals surface area contributed by atoms with Gasteiger partial charge in [0.05, 0.1) is 5.60 Å². The zero-order valence-electron chi connectivity index (χ0n) is 8.85. The Morgan fingerprint density at radius 1 is 1.53 bits per heavy atom. The lowest BCUT2D eigenvalue weighted by molar-refractivity contribution is 0.0697. The summed E-state index contributed by atoms with van der Waals surface area (Å²) in [6.07, 6.45) is 0.665. The monoisotopic (exact) mass is 275 g/mol. The maximum atomic E-state index is 12.8. The van der Waals surface area contributed by atoms with Gasteiger partial charge in [0, 0.05) is 16.7 Å². The Labute approximate surface area is 97.6 Å². The Morgan fingerprint density at radius 3 is 2.73 bits per heavy atom. The van der Waals surface area contributed by atoms with E-state index in [1.54, 1.807) is 13.0 Å². The molecule has 0 bridgehead atoms. The molecule has 0 fully saturated rings. The minimum Gasteiger partial charge on any atom is -0.388 e. The third-order valence-electron chi connectivity index (χ3n) is 2.35. The van der Waals surface area contributed by atoms with Crippen molar-refractivity contribution in [3.63, 3.8) is 0 Å². The summed E-state index contributed by atoms with van der Waals surface area (Å²) in [5.41, 5.74) is 0.0403. The number of rotatable bonds is 4. The molecule has 0 saturated heterocycles. The number of aliphatic hydroxyl groups is 1. The SMILES string of the molecule is CCC(C)(O)CNc1ccc(F)cc1Br. The molecule has 0 spiro atoms. The van der Waals surface area contributed by atoms with Crippen molar-refractivity contribution in [1.29, 1.82) is 0 Å². The van der Waals surface area contributed by atoms with Crippen LogP contribution in [0.25, 0.3) is 0 Å². The van der Waals surface area contributed by atoms with Gasteiger partial charge < -0.3 is 10.4 Å². The highest BCUT2D eigenvalue weighted by atomic mass is 79.9. The molecule has 1 aromatic rings. The van der Waals surface area contributed by atoms with Crippen LogP contribution in [0.15, 0.2) is 22.7 Å². The molecular formula is C11H15BrFNO. The predicted molar refractivity (Wildman–Crippen MR) is 63.5 cm³/mol. The summed E-state index contributed by atoms with van der Waals surface area (Å²) in [7, 11) is 0. The number of hydrogen-bond donors (Lipinski definition) is 2. The molecule has 1 unspecified atom stereocenters. The maximum absolute atomic E-state index is 12.8. The Kier molecular flexibility index (Phi) is 4.11. The van der Waals surface area contributed by atoms with Gasteiger partial charge in [-0.05, 0) is 47.5 Å². The highest BCUT2D eigenvalue weighted by Crippen LogP contribution is 2.23. The summed E-state index contributed by atoms with van der Waals surface area (Å²) < 4.78 is 13.4. The van der Waals surface area contributed by atoms with Gasteiger partial charge in [-0.1, -0.05) is 6.92 Å². The number of benzene rings is 1. The summed E-state index contributed by atoms with van der Waals surface area (Å²) in [5.74, 6) is -0.283. The van der Waals surface area contributed by atoms with Crippen LogP contribution in [0.5, 0.6) is 0 Å². The van der Waals surface area contributed by atoms with Crippen molar-refractivity contribution < 1.29 is 9.50 Å². The molecule has 1 rings (SSSR count). The van der Waals surface area contributed by atoms with Gasteiger partial charge in [-0.3, -0.25) is 0 Å². The summed E-state index contributed by atoms with van der Waals surface area (Å²) >= 11 is 3.25. The van der Waals surface area contributed by atoms with E-state index in [4.69, 9.17) is 0 Å². The van der Waals surface area contributed by atoms with E-state index >= 15 is 0 Å². The number of halogens is 2. The van der Waals surface area contributed by atoms with Crippen LogP contribution < -0.4 is 5.32 Å². The first-order valence-electron chi connectivity index (χ1n) is 4.86. The summed E-state index contributed by atoms with van der Waals surface area (Å²) in [6.45, 7) is 4.12. The highest BCUT2D eigenvalue weighted by Gasteiger charge is 2.17. The van der Waals surface area contributed by atoms with Gasteiger partial charge in [0.15, 0.2) is 0 Å². The Balaban J connectivity index is 2.66. The molecule has 2 N–H and O–H groups in total. The van der Waals surface area contributed by atoms with E-state index in [-0.39, 0.29) is 5.82 Å². The summed E-state index contributed by atoms with van der Waals surface area (Å²) in [6, 6.07) is 4.42. The van der Waals surface area contributed by atoms with E-state index in [1.807, 2.05) is 6.92 Å². The molecule has 0 amide bonds. The third kappa shape index (κ3) is 3.80. The van der Waals surface area contributed by atoms with Crippen molar-refractivity contribution in [2.45, 2.75) is 25.9 Å². The van der Waals surface area contributed by atoms with Gasteiger partial charge >= 0.3 is 0 Å². The van der Waals surface area contributed by atoms with E-state index in [0.29, 0.717) is 17.4 Å². The van der Waals surface area contributed by atoms with Crippen molar-refractivity contribution in [2.24, 2.45) is 0 Å². The molecule has 1 atom stereocenters. The minimum absolute atomic E-state index is 0.283. The molecule has 1 aromatic carbocycles. The standard InChI is InChI=1S/C11H15BrFNO/c1-3-11(2,15)7-14-10-5-4-8(13)6-9(10)12/h4-6,14-15H,3,7H2,1-2H3. The van der Waals surface area contributed by atoms with E-state index in [9.17, 15) is 9.50 Å². The molecule has 0 aromatic heterocycles. The largest absolute Gasteiger partial charge is 0.388 e. The molecule has 0 aliphatic rings. The summed E-state index contributed by atoms with van der Waals surface area (Å²) in [5, 5.41) is 12.8. The molecule has 0 aliphatic heterocycles. The smallest absolute Gasteiger partial charge is 0.124 e. The quantitative estimate of drug-likeness (QED) is 0.885. The lowest BCUT2D eigenvalue weighted by Crippen LogP contribution is -2.32. The minimum atomic E-state index is -0.742. The molecule has 15 heavy (non-hydrogen) atoms. The molecule has 84 valence electrons. The second-order valence-electron chi connectivity index (χ2n) is 3.83. The maximum Gasteiger partial charge on any atom is 0.124 e. The van der Waals surface area contributed by atoms with E-state index in [2.05, 4.69) is 21.2 Å². The topological polar surface area (TPSA) is 32.3 Å². The zero-order chi connectivity index (χ0) is 11.5. The van der Waals surface area contributed by atoms with Crippen LogP contribution >= 0.6 is 15.9 Å². The molecule has 2 nitrogen and oxygen atoms in total. The average molecular weight is 276 g/mol. The Morgan fingerprint density at radius 2 is 2.20 bits per heavy atom. The molecule has 0 saturated carbocycles. The van der Waals surface area contributed by atoms with Gasteiger partial charge in [0.2, 0.25) is 0 Å². The van der Waals surface area contributed by atoms with Gasteiger partial charge in [-0.25, -0.2) is 4.39 Å². The van der Waals surface area contributed by atoms with Crippen molar-refractivity contribution >= 4 is 21.6 Å². The number of nitrogens with one attached hydrogen (secondary N) is 1. The van der Waals surface area contributed by atoms with Crippen molar-refractivity contribution in [1.82, 2.24) is 0 Å². The second-order valence-corrected chi connectivity index (χ2v) is 4.68. The highest BCUT2D eigenvalue weighted by molar-refractivity contribution is 9.10. The fourth-order valence-corrected chi connectivity index (χ4v) is 1.53. The molecular weight excluding hydrogens is 261 g/mol. The Hall–Kier alpha value is -0.610. The first kappa shape index (κ1) is 12.5. The van der Waals surface area contributed by atoms with Crippen LogP contribution in [0, 0.1) is 5.82 Å². The van der Waals surface area contributed by atoms with Gasteiger partial charge in [0.25, 0.3) is 0 Å². The fraction of sp³-hybridized carbons (Fsp3) is 0.455. The van der Waals surface area contributed by atoms with Gasteiger partial charge in [0.1, 0.15) is 5.82 Å². The molecule has 0 radical (unpaired) electrons. The number of hydrogen-bond acceptors (Lipinski definition) is 2. The second kappa shape index (κ2) is 4.94. The average Bonchev–Trinajstić information content (AvgIpc) is 2.16. The molecule has 4 heteroatoms. The Bertz CT molecular complexity index is 341. The van der Waals surface area contributed by atoms with Crippen molar-refractivity contribution in [3.8, 4) is 0 Å². The lowest BCUT2D eigenvalue weighted by atomic mass is 10.0. The lowest BCUT2D eigenvalue weighted by Gasteiger charge is -2.22. The first-order valence-corrected chi connectivity index (χ1v) is 5.65. The third-order valence-corrected chi connectivity index (χ3v) is 3.01. The van der Waals surface area contributed by atoms with Crippen LogP contribution in [0.3, 0.4) is 0 Å². The van der Waals surface area contributed by atoms with Crippen molar-refractivity contribution in [2.75, 3.05) is 11.9 Å². The van der Waals surface area contributed by atoms with Crippen LogP contribution in [0.1, 0.15) is 20.3 Å². The van der Waals surface area contributed by atoms with Crippen LogP contribution in [0.2, 0.25) is 0 Å². The molecule has 0 aliphatic carbocycles. The predicted octanol–water partition coefficient (Wildman–Crippen LogP) is 3.16. The van der Waals surface area contributed by atoms with Crippen molar-refractivity contribution in [3.05, 3.63) is 28.5 Å². The summed E-state index contributed by atoms with van der Waals surface area (Å²) in [4.78, 5) is 0. The van der Waals surface area contributed by atoms with E-state index in [1.165, 1.54) is 12.1 Å². The van der Waals surface area contributed by atoms with E-state index < -0.39 is 5.60 Å². The normalized spacial score (nSPS) is 14.7. The van der Waals surface area contributed by atoms with Crippen LogP contribution in [-0.4, -0.2) is 17.3 Å².